The Balaban J connectivity index is 2.83. The lowest BCUT2D eigenvalue weighted by atomic mass is 10.4. The zero-order valence-electron chi connectivity index (χ0n) is 6.19. The molecule has 0 bridgehead atoms. The number of aromatic nitrogens is 2. The first-order chi connectivity index (χ1) is 4.75. The van der Waals surface area contributed by atoms with Gasteiger partial charge in [0, 0.05) is 6.54 Å². The third-order valence-electron chi connectivity index (χ3n) is 1.41. The van der Waals surface area contributed by atoms with Crippen LogP contribution in [-0.2, 0) is 6.54 Å². The Morgan fingerprint density at radius 1 is 1.70 bits per heavy atom. The maximum absolute atomic E-state index is 4.05. The number of rotatable bonds is 2. The Morgan fingerprint density at radius 2 is 2.40 bits per heavy atom. The first-order valence-electron chi connectivity index (χ1n) is 3.36. The molecule has 0 aliphatic heterocycles. The zero-order chi connectivity index (χ0) is 7.56. The van der Waals surface area contributed by atoms with Crippen molar-refractivity contribution in [3.05, 3.63) is 16.4 Å². The van der Waals surface area contributed by atoms with Gasteiger partial charge in [-0.3, -0.25) is 4.68 Å². The second-order valence-electron chi connectivity index (χ2n) is 2.23. The Kier molecular flexibility index (Phi) is 2.49. The standard InChI is InChI=1S/C7H10BrN2/c1-3-4-10-6(2)7(8)5-9-10/h3-4H2,1-2H3. The molecule has 0 saturated carbocycles. The number of aryl methyl sites for hydroxylation is 1. The highest BCUT2D eigenvalue weighted by Gasteiger charge is 2.01. The zero-order valence-corrected chi connectivity index (χ0v) is 7.77. The lowest BCUT2D eigenvalue weighted by Gasteiger charge is -1.99. The van der Waals surface area contributed by atoms with Crippen LogP contribution in [0.5, 0.6) is 0 Å². The molecule has 0 unspecified atom stereocenters. The van der Waals surface area contributed by atoms with Gasteiger partial charge in [-0.25, -0.2) is 0 Å². The van der Waals surface area contributed by atoms with Crippen molar-refractivity contribution < 1.29 is 0 Å². The van der Waals surface area contributed by atoms with Crippen LogP contribution in [0.15, 0.2) is 4.47 Å². The van der Waals surface area contributed by atoms with Gasteiger partial charge in [0.15, 0.2) is 0 Å². The second kappa shape index (κ2) is 3.19. The van der Waals surface area contributed by atoms with Crippen LogP contribution in [0, 0.1) is 13.1 Å². The average molecular weight is 202 g/mol. The van der Waals surface area contributed by atoms with Crippen molar-refractivity contribution in [1.29, 1.82) is 0 Å². The van der Waals surface area contributed by atoms with Crippen molar-refractivity contribution >= 4 is 15.9 Å². The molecule has 2 nitrogen and oxygen atoms in total. The first-order valence-corrected chi connectivity index (χ1v) is 4.15. The van der Waals surface area contributed by atoms with E-state index in [1.54, 1.807) is 0 Å². The van der Waals surface area contributed by atoms with Crippen molar-refractivity contribution in [2.75, 3.05) is 0 Å². The third kappa shape index (κ3) is 1.40. The van der Waals surface area contributed by atoms with Gasteiger partial charge in [-0.1, -0.05) is 6.92 Å². The van der Waals surface area contributed by atoms with Crippen LogP contribution in [-0.4, -0.2) is 9.78 Å². The van der Waals surface area contributed by atoms with E-state index in [0.29, 0.717) is 0 Å². The van der Waals surface area contributed by atoms with Crippen LogP contribution in [0.2, 0.25) is 0 Å². The van der Waals surface area contributed by atoms with E-state index in [-0.39, 0.29) is 0 Å². The van der Waals surface area contributed by atoms with E-state index < -0.39 is 0 Å². The second-order valence-corrected chi connectivity index (χ2v) is 3.03. The van der Waals surface area contributed by atoms with Crippen LogP contribution in [0.4, 0.5) is 0 Å². The smallest absolute Gasteiger partial charge is 0.128 e. The first kappa shape index (κ1) is 7.79. The van der Waals surface area contributed by atoms with Crippen molar-refractivity contribution in [3.63, 3.8) is 0 Å². The van der Waals surface area contributed by atoms with Gasteiger partial charge in [0.1, 0.15) is 6.20 Å². The summed E-state index contributed by atoms with van der Waals surface area (Å²) in [7, 11) is 0. The summed E-state index contributed by atoms with van der Waals surface area (Å²) < 4.78 is 2.92. The Bertz CT molecular complexity index is 217. The molecule has 0 aliphatic rings. The molecule has 3 heteroatoms. The molecule has 10 heavy (non-hydrogen) atoms. The highest BCUT2D eigenvalue weighted by molar-refractivity contribution is 9.10. The monoisotopic (exact) mass is 201 g/mol. The summed E-state index contributed by atoms with van der Waals surface area (Å²) in [6, 6.07) is 0. The summed E-state index contributed by atoms with van der Waals surface area (Å²) >= 11 is 3.35. The summed E-state index contributed by atoms with van der Waals surface area (Å²) in [6.07, 6.45) is 3.97. The Morgan fingerprint density at radius 3 is 2.80 bits per heavy atom. The molecule has 1 heterocycles. The fourth-order valence-corrected chi connectivity index (χ4v) is 1.09. The molecular weight excluding hydrogens is 192 g/mol. The van der Waals surface area contributed by atoms with Gasteiger partial charge >= 0.3 is 0 Å². The lowest BCUT2D eigenvalue weighted by molar-refractivity contribution is 0.586. The maximum atomic E-state index is 4.05. The number of nitrogens with zero attached hydrogens (tertiary/aromatic N) is 2. The van der Waals surface area contributed by atoms with Crippen LogP contribution >= 0.6 is 15.9 Å². The van der Waals surface area contributed by atoms with Crippen LogP contribution < -0.4 is 0 Å². The highest BCUT2D eigenvalue weighted by atomic mass is 79.9. The fourth-order valence-electron chi connectivity index (χ4n) is 0.803. The minimum absolute atomic E-state index is 0.973. The molecular formula is C7H10BrN2. The SMILES string of the molecule is CCCn1n[c]c(Br)c1C. The number of halogens is 1. The van der Waals surface area contributed by atoms with E-state index in [1.165, 1.54) is 0 Å². The quantitative estimate of drug-likeness (QED) is 0.718. The van der Waals surface area contributed by atoms with E-state index >= 15 is 0 Å². The fraction of sp³-hybridized carbons (Fsp3) is 0.571. The predicted molar refractivity (Wildman–Crippen MR) is 43.8 cm³/mol. The average Bonchev–Trinajstić information content (AvgIpc) is 2.20. The van der Waals surface area contributed by atoms with E-state index in [9.17, 15) is 0 Å². The molecule has 1 aromatic heterocycles. The summed E-state index contributed by atoms with van der Waals surface area (Å²) in [6.45, 7) is 5.15. The van der Waals surface area contributed by atoms with Crippen LogP contribution in [0.3, 0.4) is 0 Å². The van der Waals surface area contributed by atoms with Crippen molar-refractivity contribution in [1.82, 2.24) is 9.78 Å². The molecule has 1 radical (unpaired) electrons. The van der Waals surface area contributed by atoms with Crippen LogP contribution in [0.25, 0.3) is 0 Å². The van der Waals surface area contributed by atoms with Gasteiger partial charge in [0.2, 0.25) is 0 Å². The lowest BCUT2D eigenvalue weighted by Crippen LogP contribution is -2.00. The van der Waals surface area contributed by atoms with Crippen molar-refractivity contribution in [2.45, 2.75) is 26.8 Å². The van der Waals surface area contributed by atoms with Gasteiger partial charge in [0.25, 0.3) is 0 Å². The molecule has 0 spiro atoms. The molecule has 1 rings (SSSR count). The summed E-state index contributed by atoms with van der Waals surface area (Å²) in [5, 5.41) is 4.05. The summed E-state index contributed by atoms with van der Waals surface area (Å²) in [5.41, 5.74) is 1.15. The molecule has 0 fully saturated rings. The Labute approximate surface area is 69.4 Å². The van der Waals surface area contributed by atoms with Crippen molar-refractivity contribution in [3.8, 4) is 0 Å². The third-order valence-corrected chi connectivity index (χ3v) is 2.16. The topological polar surface area (TPSA) is 17.8 Å². The number of hydrogen-bond acceptors (Lipinski definition) is 1. The summed E-state index contributed by atoms with van der Waals surface area (Å²) in [5.74, 6) is 0. The molecule has 0 aromatic carbocycles. The normalized spacial score (nSPS) is 10.3. The highest BCUT2D eigenvalue weighted by Crippen LogP contribution is 2.13. The van der Waals surface area contributed by atoms with Crippen molar-refractivity contribution in [2.24, 2.45) is 0 Å². The van der Waals surface area contributed by atoms with E-state index in [1.807, 2.05) is 11.6 Å². The van der Waals surface area contributed by atoms with Gasteiger partial charge in [0.05, 0.1) is 10.2 Å². The minimum atomic E-state index is 0.973. The molecule has 0 aliphatic carbocycles. The summed E-state index contributed by atoms with van der Waals surface area (Å²) in [4.78, 5) is 0. The molecule has 0 amide bonds. The van der Waals surface area contributed by atoms with E-state index in [4.69, 9.17) is 0 Å². The number of hydrogen-bond donors (Lipinski definition) is 0. The minimum Gasteiger partial charge on any atom is -0.268 e. The molecule has 0 saturated heterocycles. The van der Waals surface area contributed by atoms with Crippen LogP contribution in [0.1, 0.15) is 19.0 Å². The predicted octanol–water partition coefficient (Wildman–Crippen LogP) is 2.16. The van der Waals surface area contributed by atoms with E-state index in [0.717, 1.165) is 23.1 Å². The van der Waals surface area contributed by atoms with Gasteiger partial charge < -0.3 is 0 Å². The van der Waals surface area contributed by atoms with Gasteiger partial charge in [-0.05, 0) is 29.3 Å². The largest absolute Gasteiger partial charge is 0.268 e. The van der Waals surface area contributed by atoms with E-state index in [2.05, 4.69) is 34.1 Å². The van der Waals surface area contributed by atoms with Gasteiger partial charge in [-0.2, -0.15) is 5.10 Å². The molecule has 1 aromatic rings. The molecule has 55 valence electrons. The Hall–Kier alpha value is -0.310. The van der Waals surface area contributed by atoms with Gasteiger partial charge in [-0.15, -0.1) is 0 Å². The maximum Gasteiger partial charge on any atom is 0.128 e. The molecule has 0 N–H and O–H groups in total. The molecule has 0 atom stereocenters.